The summed E-state index contributed by atoms with van der Waals surface area (Å²) in [5.74, 6) is 0.188. The lowest BCUT2D eigenvalue weighted by molar-refractivity contribution is 0.104. The Bertz CT molecular complexity index is 979. The number of carbonyl (C=O) groups excluding carboxylic acids is 1. The predicted molar refractivity (Wildman–Crippen MR) is 112 cm³/mol. The Morgan fingerprint density at radius 2 is 1.85 bits per heavy atom. The molecule has 0 aliphatic carbocycles. The van der Waals surface area contributed by atoms with E-state index in [4.69, 9.17) is 5.73 Å². The Hall–Kier alpha value is -2.31. The highest BCUT2D eigenvalue weighted by Crippen LogP contribution is 2.31. The molecular weight excluding hydrogens is 362 g/mol. The molecule has 134 valence electrons. The van der Waals surface area contributed by atoms with E-state index in [1.165, 1.54) is 16.9 Å². The average Bonchev–Trinajstić information content (AvgIpc) is 2.98. The molecule has 0 radical (unpaired) electrons. The van der Waals surface area contributed by atoms with Crippen LogP contribution < -0.4 is 11.1 Å². The van der Waals surface area contributed by atoms with Crippen molar-refractivity contribution in [2.45, 2.75) is 25.7 Å². The third kappa shape index (κ3) is 3.76. The van der Waals surface area contributed by atoms with Crippen molar-refractivity contribution in [3.63, 3.8) is 0 Å². The van der Waals surface area contributed by atoms with Crippen LogP contribution in [0.1, 0.15) is 31.9 Å². The summed E-state index contributed by atoms with van der Waals surface area (Å²) in [4.78, 5) is 18.9. The molecule has 2 aromatic carbocycles. The van der Waals surface area contributed by atoms with E-state index >= 15 is 0 Å². The lowest BCUT2D eigenvalue weighted by atomic mass is 9.97. The van der Waals surface area contributed by atoms with E-state index in [0.717, 1.165) is 21.7 Å². The number of ketones is 1. The minimum atomic E-state index is -0.0773. The Balaban J connectivity index is 1.90. The largest absolute Gasteiger partial charge is 0.382 e. The van der Waals surface area contributed by atoms with Gasteiger partial charge in [-0.25, -0.2) is 4.98 Å². The standard InChI is InChI=1S/C20H21N3OS2/c1-11-8-13(3)16(9-12(11)2)17(24)18-19(21)23-20(26-18)22-14-6-5-7-15(10-14)25-4/h5-10H,21H2,1-4H3,(H,22,23). The van der Waals surface area contributed by atoms with Crippen LogP contribution in [0.3, 0.4) is 0 Å². The minimum Gasteiger partial charge on any atom is -0.382 e. The van der Waals surface area contributed by atoms with Crippen LogP contribution in [0.4, 0.5) is 16.6 Å². The number of thiazole rings is 1. The maximum Gasteiger partial charge on any atom is 0.207 e. The van der Waals surface area contributed by atoms with Crippen molar-refractivity contribution in [3.05, 3.63) is 63.5 Å². The van der Waals surface area contributed by atoms with Crippen molar-refractivity contribution in [1.82, 2.24) is 4.98 Å². The van der Waals surface area contributed by atoms with Crippen LogP contribution >= 0.6 is 23.1 Å². The summed E-state index contributed by atoms with van der Waals surface area (Å²) >= 11 is 2.96. The van der Waals surface area contributed by atoms with Crippen molar-refractivity contribution in [2.75, 3.05) is 17.3 Å². The van der Waals surface area contributed by atoms with Gasteiger partial charge in [-0.3, -0.25) is 4.79 Å². The molecule has 0 bridgehead atoms. The SMILES string of the molecule is CSc1cccc(Nc2nc(N)c(C(=O)c3cc(C)c(C)cc3C)s2)c1. The van der Waals surface area contributed by atoms with E-state index < -0.39 is 0 Å². The quantitative estimate of drug-likeness (QED) is 0.459. The second-order valence-electron chi connectivity index (χ2n) is 6.17. The third-order valence-corrected chi connectivity index (χ3v) is 5.98. The van der Waals surface area contributed by atoms with Gasteiger partial charge in [-0.1, -0.05) is 23.5 Å². The molecular formula is C20H21N3OS2. The van der Waals surface area contributed by atoms with Crippen molar-refractivity contribution >= 4 is 45.5 Å². The molecule has 0 unspecified atom stereocenters. The van der Waals surface area contributed by atoms with Gasteiger partial charge in [0.2, 0.25) is 5.78 Å². The highest BCUT2D eigenvalue weighted by Gasteiger charge is 2.20. The summed E-state index contributed by atoms with van der Waals surface area (Å²) in [6, 6.07) is 12.0. The monoisotopic (exact) mass is 383 g/mol. The summed E-state index contributed by atoms with van der Waals surface area (Å²) in [6.07, 6.45) is 2.03. The van der Waals surface area contributed by atoms with Gasteiger partial charge in [0.1, 0.15) is 10.7 Å². The number of rotatable bonds is 5. The first-order valence-electron chi connectivity index (χ1n) is 8.19. The molecule has 0 amide bonds. The molecule has 4 nitrogen and oxygen atoms in total. The van der Waals surface area contributed by atoms with Crippen molar-refractivity contribution in [1.29, 1.82) is 0 Å². The van der Waals surface area contributed by atoms with Crippen molar-refractivity contribution < 1.29 is 4.79 Å². The van der Waals surface area contributed by atoms with Crippen LogP contribution in [0.5, 0.6) is 0 Å². The molecule has 0 aliphatic rings. The number of nitrogen functional groups attached to an aromatic ring is 1. The van der Waals surface area contributed by atoms with Gasteiger partial charge in [0, 0.05) is 16.1 Å². The first-order chi connectivity index (χ1) is 12.4. The fourth-order valence-corrected chi connectivity index (χ4v) is 4.02. The highest BCUT2D eigenvalue weighted by atomic mass is 32.2. The Kier molecular flexibility index (Phi) is 5.34. The van der Waals surface area contributed by atoms with Crippen molar-refractivity contribution in [3.8, 4) is 0 Å². The fourth-order valence-electron chi connectivity index (χ4n) is 2.70. The number of hydrogen-bond acceptors (Lipinski definition) is 6. The number of aryl methyl sites for hydroxylation is 3. The maximum absolute atomic E-state index is 13.0. The van der Waals surface area contributed by atoms with Crippen LogP contribution in [0.25, 0.3) is 0 Å². The van der Waals surface area contributed by atoms with E-state index in [1.807, 2.05) is 63.4 Å². The summed E-state index contributed by atoms with van der Waals surface area (Å²) in [7, 11) is 0. The molecule has 26 heavy (non-hydrogen) atoms. The number of hydrogen-bond donors (Lipinski definition) is 2. The zero-order valence-electron chi connectivity index (χ0n) is 15.2. The molecule has 1 aromatic heterocycles. The zero-order valence-corrected chi connectivity index (χ0v) is 16.8. The van der Waals surface area contributed by atoms with Gasteiger partial charge in [-0.05, 0) is 68.0 Å². The van der Waals surface area contributed by atoms with Gasteiger partial charge in [0.05, 0.1) is 0 Å². The van der Waals surface area contributed by atoms with E-state index in [-0.39, 0.29) is 11.6 Å². The summed E-state index contributed by atoms with van der Waals surface area (Å²) in [6.45, 7) is 6.00. The number of nitrogens with two attached hydrogens (primary N) is 1. The van der Waals surface area contributed by atoms with Crippen LogP contribution in [0.2, 0.25) is 0 Å². The van der Waals surface area contributed by atoms with Crippen molar-refractivity contribution in [2.24, 2.45) is 0 Å². The smallest absolute Gasteiger partial charge is 0.207 e. The van der Waals surface area contributed by atoms with Gasteiger partial charge >= 0.3 is 0 Å². The fraction of sp³-hybridized carbons (Fsp3) is 0.200. The van der Waals surface area contributed by atoms with Gasteiger partial charge < -0.3 is 11.1 Å². The number of nitrogens with one attached hydrogen (secondary N) is 1. The second kappa shape index (κ2) is 7.51. The number of carbonyl (C=O) groups is 1. The first kappa shape index (κ1) is 18.5. The molecule has 0 spiro atoms. The normalized spacial score (nSPS) is 10.8. The van der Waals surface area contributed by atoms with Gasteiger partial charge in [0.25, 0.3) is 0 Å². The Morgan fingerprint density at radius 1 is 1.12 bits per heavy atom. The van der Waals surface area contributed by atoms with Gasteiger partial charge in [-0.15, -0.1) is 11.8 Å². The molecule has 0 fully saturated rings. The number of anilines is 3. The number of aromatic nitrogens is 1. The molecule has 0 saturated carbocycles. The van der Waals surface area contributed by atoms with E-state index in [2.05, 4.69) is 10.3 Å². The number of thioether (sulfide) groups is 1. The molecule has 6 heteroatoms. The van der Waals surface area contributed by atoms with Crippen LogP contribution in [-0.4, -0.2) is 17.0 Å². The van der Waals surface area contributed by atoms with E-state index in [9.17, 15) is 4.79 Å². The second-order valence-corrected chi connectivity index (χ2v) is 8.05. The summed E-state index contributed by atoms with van der Waals surface area (Å²) < 4.78 is 0. The highest BCUT2D eigenvalue weighted by molar-refractivity contribution is 7.98. The molecule has 3 N–H and O–H groups in total. The molecule has 3 aromatic rings. The van der Waals surface area contributed by atoms with Crippen LogP contribution in [0, 0.1) is 20.8 Å². The zero-order chi connectivity index (χ0) is 18.8. The van der Waals surface area contributed by atoms with Crippen LogP contribution in [-0.2, 0) is 0 Å². The Labute approximate surface area is 161 Å². The number of nitrogens with zero attached hydrogens (tertiary/aromatic N) is 1. The Morgan fingerprint density at radius 3 is 2.58 bits per heavy atom. The topological polar surface area (TPSA) is 68.0 Å². The number of benzene rings is 2. The molecule has 1 heterocycles. The third-order valence-electron chi connectivity index (χ3n) is 4.27. The van der Waals surface area contributed by atoms with Gasteiger partial charge in [0.15, 0.2) is 5.13 Å². The van der Waals surface area contributed by atoms with Crippen LogP contribution in [0.15, 0.2) is 41.3 Å². The molecule has 3 rings (SSSR count). The average molecular weight is 384 g/mol. The predicted octanol–water partition coefficient (Wildman–Crippen LogP) is 5.35. The molecule has 0 aliphatic heterocycles. The molecule has 0 saturated heterocycles. The van der Waals surface area contributed by atoms with Gasteiger partial charge in [-0.2, -0.15) is 0 Å². The minimum absolute atomic E-state index is 0.0773. The summed E-state index contributed by atoms with van der Waals surface area (Å²) in [5.41, 5.74) is 10.9. The van der Waals surface area contributed by atoms with E-state index in [0.29, 0.717) is 15.6 Å². The first-order valence-corrected chi connectivity index (χ1v) is 10.2. The maximum atomic E-state index is 13.0. The lowest BCUT2D eigenvalue weighted by Gasteiger charge is -2.08. The lowest BCUT2D eigenvalue weighted by Crippen LogP contribution is -2.05. The molecule has 0 atom stereocenters. The van der Waals surface area contributed by atoms with E-state index in [1.54, 1.807) is 11.8 Å². The summed E-state index contributed by atoms with van der Waals surface area (Å²) in [5, 5.41) is 3.86.